The van der Waals surface area contributed by atoms with Crippen LogP contribution in [0.15, 0.2) is 112 Å². The number of alkyl halides is 4. The fourth-order valence-corrected chi connectivity index (χ4v) is 17.6. The summed E-state index contributed by atoms with van der Waals surface area (Å²) in [4.78, 5) is 19.9. The highest BCUT2D eigenvalue weighted by atomic mass is 35.5. The lowest BCUT2D eigenvalue weighted by atomic mass is 9.87. The van der Waals surface area contributed by atoms with E-state index in [0.29, 0.717) is 83.6 Å². The number of ether oxygens (including phenoxy) is 3. The molecule has 0 radical (unpaired) electrons. The van der Waals surface area contributed by atoms with Gasteiger partial charge in [0.25, 0.3) is 5.92 Å². The van der Waals surface area contributed by atoms with Crippen LogP contribution in [0, 0.1) is 41.0 Å². The normalized spacial score (nSPS) is 21.5. The molecule has 5 aromatic carbocycles. The second-order valence-electron chi connectivity index (χ2n) is 32.2. The fourth-order valence-electron chi connectivity index (χ4n) is 16.9. The molecule has 108 heavy (non-hydrogen) atoms. The van der Waals surface area contributed by atoms with E-state index in [4.69, 9.17) is 46.2 Å². The maximum absolute atomic E-state index is 15.6. The van der Waals surface area contributed by atoms with Crippen molar-refractivity contribution in [1.29, 1.82) is 0 Å². The van der Waals surface area contributed by atoms with E-state index in [1.807, 2.05) is 79.4 Å². The number of likely N-dealkylation sites (tertiary alicyclic amines) is 3. The third-order valence-electron chi connectivity index (χ3n) is 22.5. The minimum Gasteiger partial charge on any atom is -0.492 e. The van der Waals surface area contributed by atoms with Crippen molar-refractivity contribution in [1.82, 2.24) is 39.4 Å². The summed E-state index contributed by atoms with van der Waals surface area (Å²) in [5.41, 5.74) is 2.86. The number of rotatable bonds is 24. The van der Waals surface area contributed by atoms with Crippen molar-refractivity contribution in [3.63, 3.8) is 0 Å². The molecule has 0 amide bonds. The zero-order chi connectivity index (χ0) is 76.8. The van der Waals surface area contributed by atoms with Gasteiger partial charge in [0.2, 0.25) is 0 Å². The number of hydrogen-bond donors (Lipinski definition) is 1. The van der Waals surface area contributed by atoms with Gasteiger partial charge in [-0.15, -0.1) is 0 Å². The Kier molecular flexibility index (Phi) is 24.0. The van der Waals surface area contributed by atoms with E-state index in [1.54, 1.807) is 26.1 Å². The topological polar surface area (TPSA) is 102 Å². The molecule has 6 aliphatic rings. The zero-order valence-corrected chi connectivity index (χ0v) is 65.3. The van der Waals surface area contributed by atoms with Gasteiger partial charge < -0.3 is 28.0 Å². The van der Waals surface area contributed by atoms with Gasteiger partial charge >= 0.3 is 0 Å². The number of nitrogens with zero attached hydrogens (tertiary/aromatic N) is 7. The molecule has 6 aliphatic heterocycles. The summed E-state index contributed by atoms with van der Waals surface area (Å²) in [7, 11) is 0. The second-order valence-corrected chi connectivity index (χ2v) is 33.1. The van der Waals surface area contributed by atoms with Crippen LogP contribution >= 0.6 is 23.2 Å². The Morgan fingerprint density at radius 2 is 0.833 bits per heavy atom. The Morgan fingerprint density at radius 1 is 0.472 bits per heavy atom. The maximum atomic E-state index is 15.6. The molecule has 3 saturated heterocycles. The number of nitrogens with one attached hydrogen (secondary N) is 1. The van der Waals surface area contributed by atoms with Crippen molar-refractivity contribution in [3.05, 3.63) is 187 Å². The standard InChI is InChI=1S/C29H35Cl2FN2O2.C29H35F3N2O2.C27H32F4N4O/c2*1-5-19-15-33(16-19)10-11-35-20-13-23(30)26(24(31)14-20)27-28-22(21-8-6-7-9-25(21)36-28)12-18(2)34(27)17-29(3,4)32;1-4-17-13-34(14-17)8-9-36-18-11-21(28)23(22(29)12-18)25-24-20(19-6-5-7-32-26(19)33-24)10-16(2)35(25)15-27(3,30)31/h2*6-9,13-14,18-19,27H,5,10-12,15-17H2,1-4H3;5-7,11-12,16-17,25H,4,8-10,13-15H2,1-3H3,(H,32,33). The summed E-state index contributed by atoms with van der Waals surface area (Å²) < 4.78 is 151. The number of aromatic nitrogens is 2. The summed E-state index contributed by atoms with van der Waals surface area (Å²) >= 11 is 13.8. The van der Waals surface area contributed by atoms with Crippen LogP contribution in [0.2, 0.25) is 10.0 Å². The summed E-state index contributed by atoms with van der Waals surface area (Å²) in [6.07, 6.45) is 7.00. The van der Waals surface area contributed by atoms with Crippen molar-refractivity contribution in [3.8, 4) is 17.2 Å². The van der Waals surface area contributed by atoms with Gasteiger partial charge in [0.15, 0.2) is 0 Å². The fraction of sp³-hybridized carbons (Fsp3) is 0.518. The van der Waals surface area contributed by atoms with Crippen LogP contribution in [0.5, 0.6) is 17.2 Å². The highest BCUT2D eigenvalue weighted by Gasteiger charge is 2.46. The summed E-state index contributed by atoms with van der Waals surface area (Å²) in [6, 6.07) is 25.0. The summed E-state index contributed by atoms with van der Waals surface area (Å²) in [5.74, 6) is -1.69. The highest BCUT2D eigenvalue weighted by Crippen LogP contribution is 2.50. The lowest BCUT2D eigenvalue weighted by Gasteiger charge is -2.42. The molecule has 13 nitrogen and oxygen atoms in total. The zero-order valence-electron chi connectivity index (χ0n) is 63.8. The number of fused-ring (bicyclic) bond motifs is 9. The molecule has 0 bridgehead atoms. The first-order valence-electron chi connectivity index (χ1n) is 38.4. The molecule has 10 heterocycles. The number of hydrogen-bond acceptors (Lipinski definition) is 12. The molecule has 15 rings (SSSR count). The number of para-hydroxylation sites is 2. The summed E-state index contributed by atoms with van der Waals surface area (Å²) in [5, 5.41) is 3.86. The largest absolute Gasteiger partial charge is 0.492 e. The second kappa shape index (κ2) is 32.8. The quantitative estimate of drug-likeness (QED) is 0.0583. The highest BCUT2D eigenvalue weighted by molar-refractivity contribution is 6.36. The van der Waals surface area contributed by atoms with Crippen LogP contribution in [-0.2, 0) is 19.3 Å². The minimum absolute atomic E-state index is 0.0149. The van der Waals surface area contributed by atoms with Crippen molar-refractivity contribution in [2.75, 3.05) is 98.4 Å². The van der Waals surface area contributed by atoms with Gasteiger partial charge in [0, 0.05) is 177 Å². The molecule has 23 heteroatoms. The molecule has 582 valence electrons. The molecule has 6 unspecified atom stereocenters. The molecule has 3 fully saturated rings. The van der Waals surface area contributed by atoms with E-state index in [2.05, 4.69) is 63.3 Å². The van der Waals surface area contributed by atoms with Crippen LogP contribution < -0.4 is 14.2 Å². The molecule has 0 saturated carbocycles. The third-order valence-corrected chi connectivity index (χ3v) is 23.2. The monoisotopic (exact) mass is 1540 g/mol. The smallest absolute Gasteiger partial charge is 0.257 e. The van der Waals surface area contributed by atoms with Crippen LogP contribution in [0.4, 0.5) is 35.1 Å². The van der Waals surface area contributed by atoms with Crippen LogP contribution in [-0.4, -0.2) is 173 Å². The molecule has 0 spiro atoms. The predicted molar refractivity (Wildman–Crippen MR) is 411 cm³/mol. The first kappa shape index (κ1) is 79.1. The number of H-pyrrole nitrogens is 1. The van der Waals surface area contributed by atoms with Crippen LogP contribution in [0.1, 0.15) is 164 Å². The third kappa shape index (κ3) is 17.5. The van der Waals surface area contributed by atoms with E-state index >= 15 is 22.0 Å². The molecule has 6 atom stereocenters. The van der Waals surface area contributed by atoms with Gasteiger partial charge in [-0.05, 0) is 127 Å². The van der Waals surface area contributed by atoms with E-state index < -0.39 is 65.2 Å². The first-order chi connectivity index (χ1) is 51.4. The number of halogens is 10. The Balaban J connectivity index is 0.000000143. The van der Waals surface area contributed by atoms with Gasteiger partial charge in [0.05, 0.1) is 28.7 Å². The van der Waals surface area contributed by atoms with Crippen LogP contribution in [0.3, 0.4) is 0 Å². The average molecular weight is 1540 g/mol. The van der Waals surface area contributed by atoms with Crippen molar-refractivity contribution >= 4 is 56.2 Å². The van der Waals surface area contributed by atoms with Crippen molar-refractivity contribution < 1.29 is 58.2 Å². The van der Waals surface area contributed by atoms with Gasteiger partial charge in [0.1, 0.15) is 106 Å². The molecular formula is C85H102Cl2F8N8O5. The van der Waals surface area contributed by atoms with Gasteiger partial charge in [-0.25, -0.2) is 40.1 Å². The van der Waals surface area contributed by atoms with E-state index in [0.717, 1.165) is 146 Å². The average Bonchev–Trinajstić information content (AvgIpc) is 1.55. The molecule has 4 aromatic heterocycles. The summed E-state index contributed by atoms with van der Waals surface area (Å²) in [6.45, 7) is 29.1. The van der Waals surface area contributed by atoms with Gasteiger partial charge in [-0.3, -0.25) is 29.4 Å². The number of aromatic amines is 1. The van der Waals surface area contributed by atoms with E-state index in [9.17, 15) is 13.2 Å². The molecule has 0 aliphatic carbocycles. The Hall–Kier alpha value is -6.95. The van der Waals surface area contributed by atoms with E-state index in [-0.39, 0.29) is 53.8 Å². The number of pyridine rings is 1. The Labute approximate surface area is 639 Å². The van der Waals surface area contributed by atoms with E-state index in [1.165, 1.54) is 43.7 Å². The van der Waals surface area contributed by atoms with Crippen molar-refractivity contribution in [2.24, 2.45) is 17.8 Å². The lowest BCUT2D eigenvalue weighted by Crippen LogP contribution is -2.48. The number of benzene rings is 5. The van der Waals surface area contributed by atoms with Gasteiger partial charge in [-0.2, -0.15) is 0 Å². The SMILES string of the molecule is CCC1CN(CCOc2cc(Cl)c(C3c4oc5ccccc5c4CC(C)N3CC(C)(C)F)c(Cl)c2)C1.CCC1CN(CCOc2cc(F)c(C3c4[nH]c5ncccc5c4CC(C)N3CC(C)(F)F)c(F)c2)C1.CCC1CN(CCOc2cc(F)c(C3c4oc5ccccc5c4CC(C)N3CC(C)(C)F)c(F)c2)C1. The predicted octanol–water partition coefficient (Wildman–Crippen LogP) is 19.6. The molecule has 9 aromatic rings. The Bertz CT molecular complexity index is 4090. The molecule has 1 N–H and O–H groups in total. The van der Waals surface area contributed by atoms with Gasteiger partial charge in [-0.1, -0.05) is 99.6 Å². The minimum atomic E-state index is -3.04. The Morgan fingerprint density at radius 3 is 1.23 bits per heavy atom. The lowest BCUT2D eigenvalue weighted by molar-refractivity contribution is -0.0374. The maximum Gasteiger partial charge on any atom is 0.257 e. The van der Waals surface area contributed by atoms with Crippen molar-refractivity contribution in [2.45, 2.75) is 168 Å². The molecular weight excluding hydrogens is 1440 g/mol. The van der Waals surface area contributed by atoms with Crippen LogP contribution in [0.25, 0.3) is 33.0 Å². The first-order valence-corrected chi connectivity index (χ1v) is 39.2. The number of furan rings is 2.